The molecule has 0 saturated carbocycles. The topological polar surface area (TPSA) is 46.2 Å². The predicted octanol–water partition coefficient (Wildman–Crippen LogP) is 3.82. The van der Waals surface area contributed by atoms with E-state index in [1.54, 1.807) is 0 Å². The van der Waals surface area contributed by atoms with E-state index in [2.05, 4.69) is 22.9 Å². The summed E-state index contributed by atoms with van der Waals surface area (Å²) < 4.78 is 27.0. The SMILES string of the molecule is CCCCCCCCOCCOCCOCCOCCOCCBr. The van der Waals surface area contributed by atoms with E-state index in [0.29, 0.717) is 52.9 Å². The molecule has 0 saturated heterocycles. The highest BCUT2D eigenvalue weighted by molar-refractivity contribution is 9.09. The average Bonchev–Trinajstić information content (AvgIpc) is 2.60. The minimum atomic E-state index is 0.594. The zero-order chi connectivity index (χ0) is 17.6. The fraction of sp³-hybridized carbons (Fsp3) is 1.00. The minimum Gasteiger partial charge on any atom is -0.379 e. The predicted molar refractivity (Wildman–Crippen MR) is 101 cm³/mol. The number of halogens is 1. The summed E-state index contributed by atoms with van der Waals surface area (Å²) in [5.74, 6) is 0. The monoisotopic (exact) mass is 412 g/mol. The molecule has 0 heterocycles. The Balaban J connectivity index is 2.93. The highest BCUT2D eigenvalue weighted by Crippen LogP contribution is 2.04. The van der Waals surface area contributed by atoms with Gasteiger partial charge in [-0.1, -0.05) is 55.0 Å². The van der Waals surface area contributed by atoms with Gasteiger partial charge in [0.15, 0.2) is 0 Å². The highest BCUT2D eigenvalue weighted by atomic mass is 79.9. The normalized spacial score (nSPS) is 11.2. The third-order valence-electron chi connectivity index (χ3n) is 3.35. The van der Waals surface area contributed by atoms with E-state index in [-0.39, 0.29) is 0 Å². The number of unbranched alkanes of at least 4 members (excludes halogenated alkanes) is 5. The number of hydrogen-bond donors (Lipinski definition) is 0. The van der Waals surface area contributed by atoms with Gasteiger partial charge in [0, 0.05) is 11.9 Å². The van der Waals surface area contributed by atoms with Crippen molar-refractivity contribution < 1.29 is 23.7 Å². The molecule has 0 spiro atoms. The van der Waals surface area contributed by atoms with Crippen LogP contribution < -0.4 is 0 Å². The standard InChI is InChI=1S/C18H37BrO5/c1-2-3-4-5-6-7-9-20-11-13-22-15-17-24-18-16-23-14-12-21-10-8-19/h2-18H2,1H3. The maximum atomic E-state index is 5.54. The van der Waals surface area contributed by atoms with Crippen LogP contribution in [0.5, 0.6) is 0 Å². The van der Waals surface area contributed by atoms with Crippen LogP contribution in [0.2, 0.25) is 0 Å². The molecule has 0 rings (SSSR count). The first-order valence-electron chi connectivity index (χ1n) is 9.36. The van der Waals surface area contributed by atoms with E-state index in [4.69, 9.17) is 23.7 Å². The first-order chi connectivity index (χ1) is 11.9. The Morgan fingerprint density at radius 2 is 0.833 bits per heavy atom. The second-order valence-electron chi connectivity index (χ2n) is 5.52. The van der Waals surface area contributed by atoms with Gasteiger partial charge < -0.3 is 23.7 Å². The van der Waals surface area contributed by atoms with Crippen LogP contribution in [0.4, 0.5) is 0 Å². The summed E-state index contributed by atoms with van der Waals surface area (Å²) >= 11 is 3.30. The zero-order valence-electron chi connectivity index (χ0n) is 15.4. The fourth-order valence-corrected chi connectivity index (χ4v) is 2.25. The molecule has 0 aliphatic rings. The van der Waals surface area contributed by atoms with Crippen LogP contribution in [0.25, 0.3) is 0 Å². The van der Waals surface area contributed by atoms with Crippen molar-refractivity contribution in [1.29, 1.82) is 0 Å². The van der Waals surface area contributed by atoms with E-state index in [9.17, 15) is 0 Å². The van der Waals surface area contributed by atoms with Crippen molar-refractivity contribution >= 4 is 15.9 Å². The summed E-state index contributed by atoms with van der Waals surface area (Å²) in [6, 6.07) is 0. The second-order valence-corrected chi connectivity index (χ2v) is 6.31. The van der Waals surface area contributed by atoms with Gasteiger partial charge in [-0.15, -0.1) is 0 Å². The Morgan fingerprint density at radius 1 is 0.458 bits per heavy atom. The summed E-state index contributed by atoms with van der Waals surface area (Å²) in [6.45, 7) is 8.77. The van der Waals surface area contributed by atoms with E-state index in [1.165, 1.54) is 32.1 Å². The van der Waals surface area contributed by atoms with E-state index < -0.39 is 0 Å². The van der Waals surface area contributed by atoms with Crippen molar-refractivity contribution in [3.8, 4) is 0 Å². The van der Waals surface area contributed by atoms with Crippen molar-refractivity contribution in [2.75, 3.05) is 71.4 Å². The highest BCUT2D eigenvalue weighted by Gasteiger charge is 1.94. The van der Waals surface area contributed by atoms with Gasteiger partial charge in [0.05, 0.1) is 59.5 Å². The van der Waals surface area contributed by atoms with E-state index in [1.807, 2.05) is 0 Å². The second kappa shape index (κ2) is 23.3. The molecule has 146 valence electrons. The van der Waals surface area contributed by atoms with Crippen LogP contribution in [0.1, 0.15) is 45.4 Å². The van der Waals surface area contributed by atoms with Crippen molar-refractivity contribution in [3.63, 3.8) is 0 Å². The summed E-state index contributed by atoms with van der Waals surface area (Å²) in [5, 5.41) is 0.861. The Morgan fingerprint density at radius 3 is 1.29 bits per heavy atom. The first kappa shape index (κ1) is 24.3. The Hall–Kier alpha value is 0.280. The van der Waals surface area contributed by atoms with Crippen molar-refractivity contribution in [2.24, 2.45) is 0 Å². The van der Waals surface area contributed by atoms with Crippen LogP contribution in [-0.4, -0.2) is 71.4 Å². The molecule has 0 radical (unpaired) electrons. The van der Waals surface area contributed by atoms with Crippen molar-refractivity contribution in [2.45, 2.75) is 45.4 Å². The molecule has 0 amide bonds. The molecule has 0 aromatic heterocycles. The molecule has 24 heavy (non-hydrogen) atoms. The van der Waals surface area contributed by atoms with Gasteiger partial charge in [0.1, 0.15) is 0 Å². The molecule has 0 fully saturated rings. The smallest absolute Gasteiger partial charge is 0.0701 e. The molecule has 0 aromatic carbocycles. The van der Waals surface area contributed by atoms with Crippen LogP contribution >= 0.6 is 15.9 Å². The van der Waals surface area contributed by atoms with E-state index in [0.717, 1.165) is 25.0 Å². The van der Waals surface area contributed by atoms with Gasteiger partial charge >= 0.3 is 0 Å². The summed E-state index contributed by atoms with van der Waals surface area (Å²) in [6.07, 6.45) is 7.79. The maximum Gasteiger partial charge on any atom is 0.0701 e. The molecule has 0 atom stereocenters. The molecule has 0 aliphatic heterocycles. The molecule has 6 heteroatoms. The van der Waals surface area contributed by atoms with Crippen LogP contribution in [0, 0.1) is 0 Å². The number of hydrogen-bond acceptors (Lipinski definition) is 5. The molecule has 0 aromatic rings. The lowest BCUT2D eigenvalue weighted by molar-refractivity contribution is -0.0102. The third kappa shape index (κ3) is 22.3. The van der Waals surface area contributed by atoms with Crippen molar-refractivity contribution in [1.82, 2.24) is 0 Å². The lowest BCUT2D eigenvalue weighted by atomic mass is 10.1. The van der Waals surface area contributed by atoms with Gasteiger partial charge in [-0.25, -0.2) is 0 Å². The molecule has 0 unspecified atom stereocenters. The average molecular weight is 413 g/mol. The van der Waals surface area contributed by atoms with Gasteiger partial charge in [0.2, 0.25) is 0 Å². The molecule has 0 N–H and O–H groups in total. The van der Waals surface area contributed by atoms with Crippen LogP contribution in [0.15, 0.2) is 0 Å². The fourth-order valence-electron chi connectivity index (χ4n) is 2.02. The largest absolute Gasteiger partial charge is 0.379 e. The Labute approximate surface area is 156 Å². The zero-order valence-corrected chi connectivity index (χ0v) is 17.0. The molecule has 5 nitrogen and oxygen atoms in total. The number of alkyl halides is 1. The number of ether oxygens (including phenoxy) is 5. The third-order valence-corrected chi connectivity index (χ3v) is 3.68. The Kier molecular flexibility index (Phi) is 23.6. The summed E-state index contributed by atoms with van der Waals surface area (Å²) in [4.78, 5) is 0. The van der Waals surface area contributed by atoms with Crippen LogP contribution in [-0.2, 0) is 23.7 Å². The molecule has 0 bridgehead atoms. The van der Waals surface area contributed by atoms with Gasteiger partial charge in [-0.05, 0) is 6.42 Å². The quantitative estimate of drug-likeness (QED) is 0.211. The van der Waals surface area contributed by atoms with Crippen molar-refractivity contribution in [3.05, 3.63) is 0 Å². The van der Waals surface area contributed by atoms with Gasteiger partial charge in [0.25, 0.3) is 0 Å². The molecule has 0 aliphatic carbocycles. The number of rotatable bonds is 21. The maximum absolute atomic E-state index is 5.54. The van der Waals surface area contributed by atoms with Gasteiger partial charge in [-0.3, -0.25) is 0 Å². The molecular formula is C18H37BrO5. The van der Waals surface area contributed by atoms with Crippen LogP contribution in [0.3, 0.4) is 0 Å². The Bertz CT molecular complexity index is 198. The van der Waals surface area contributed by atoms with E-state index >= 15 is 0 Å². The lowest BCUT2D eigenvalue weighted by Gasteiger charge is -2.07. The lowest BCUT2D eigenvalue weighted by Crippen LogP contribution is -2.13. The minimum absolute atomic E-state index is 0.594. The van der Waals surface area contributed by atoms with Gasteiger partial charge in [-0.2, -0.15) is 0 Å². The first-order valence-corrected chi connectivity index (χ1v) is 10.5. The summed E-state index contributed by atoms with van der Waals surface area (Å²) in [7, 11) is 0. The summed E-state index contributed by atoms with van der Waals surface area (Å²) in [5.41, 5.74) is 0. The molecular weight excluding hydrogens is 376 g/mol.